The molecular weight excluding hydrogens is 278 g/mol. The van der Waals surface area contributed by atoms with E-state index in [0.717, 1.165) is 5.39 Å². The molecule has 0 unspecified atom stereocenters. The van der Waals surface area contributed by atoms with Gasteiger partial charge in [0.15, 0.2) is 5.58 Å². The first-order valence-electron chi connectivity index (χ1n) is 5.97. The summed E-state index contributed by atoms with van der Waals surface area (Å²) in [7, 11) is 0. The molecule has 0 saturated heterocycles. The average molecular weight is 288 g/mol. The summed E-state index contributed by atoms with van der Waals surface area (Å²) in [5.41, 5.74) is 1.27. The van der Waals surface area contributed by atoms with Gasteiger partial charge in [0.25, 0.3) is 0 Å². The number of hydrogen-bond acceptors (Lipinski definition) is 4. The third-order valence-electron chi connectivity index (χ3n) is 2.78. The molecule has 0 fully saturated rings. The van der Waals surface area contributed by atoms with Crippen molar-refractivity contribution in [1.29, 1.82) is 0 Å². The lowest BCUT2D eigenvalue weighted by Crippen LogP contribution is -2.15. The second-order valence-electron chi connectivity index (χ2n) is 4.21. The Morgan fingerprint density at radius 1 is 1.25 bits per heavy atom. The maximum absolute atomic E-state index is 11.9. The van der Waals surface area contributed by atoms with Crippen LogP contribution in [0, 0.1) is 0 Å². The van der Waals surface area contributed by atoms with Gasteiger partial charge in [-0.1, -0.05) is 28.9 Å². The number of halogens is 1. The third-order valence-corrected chi connectivity index (χ3v) is 3.00. The van der Waals surface area contributed by atoms with Crippen LogP contribution in [0.1, 0.15) is 5.69 Å². The van der Waals surface area contributed by atoms with Crippen molar-refractivity contribution in [3.8, 4) is 0 Å². The van der Waals surface area contributed by atoms with Crippen molar-refractivity contribution in [3.05, 3.63) is 53.3 Å². The average Bonchev–Trinajstić information content (AvgIpc) is 2.85. The van der Waals surface area contributed by atoms with Crippen molar-refractivity contribution < 1.29 is 9.32 Å². The summed E-state index contributed by atoms with van der Waals surface area (Å²) in [5, 5.41) is 7.95. The minimum atomic E-state index is -0.209. The molecule has 0 aliphatic carbocycles. The monoisotopic (exact) mass is 287 g/mol. The first-order valence-corrected chi connectivity index (χ1v) is 6.35. The van der Waals surface area contributed by atoms with Crippen LogP contribution in [0.4, 0.5) is 5.82 Å². The quantitative estimate of drug-likeness (QED) is 0.804. The van der Waals surface area contributed by atoms with E-state index in [-0.39, 0.29) is 12.3 Å². The number of anilines is 1. The maximum atomic E-state index is 11.9. The molecule has 2 heterocycles. The fourth-order valence-corrected chi connectivity index (χ4v) is 1.97. The molecule has 0 aliphatic rings. The van der Waals surface area contributed by atoms with Crippen LogP contribution >= 0.6 is 11.6 Å². The summed E-state index contributed by atoms with van der Waals surface area (Å²) in [6, 6.07) is 10.7. The molecule has 0 bridgehead atoms. The number of fused-ring (bicyclic) bond motifs is 1. The number of para-hydroxylation sites is 1. The summed E-state index contributed by atoms with van der Waals surface area (Å²) >= 11 is 5.73. The molecule has 3 rings (SSSR count). The van der Waals surface area contributed by atoms with Crippen molar-refractivity contribution >= 4 is 34.3 Å². The number of carbonyl (C=O) groups is 1. The van der Waals surface area contributed by atoms with E-state index in [1.165, 1.54) is 6.20 Å². The van der Waals surface area contributed by atoms with E-state index in [0.29, 0.717) is 22.1 Å². The Hall–Kier alpha value is -2.40. The Morgan fingerprint density at radius 3 is 2.90 bits per heavy atom. The molecule has 0 radical (unpaired) electrons. The Morgan fingerprint density at radius 2 is 2.10 bits per heavy atom. The summed E-state index contributed by atoms with van der Waals surface area (Å²) < 4.78 is 5.15. The Balaban J connectivity index is 1.74. The van der Waals surface area contributed by atoms with Crippen LogP contribution in [0.5, 0.6) is 0 Å². The first kappa shape index (κ1) is 12.6. The topological polar surface area (TPSA) is 68.0 Å². The number of carbonyl (C=O) groups excluding carboxylic acids is 1. The zero-order valence-electron chi connectivity index (χ0n) is 10.3. The zero-order chi connectivity index (χ0) is 13.9. The van der Waals surface area contributed by atoms with E-state index in [1.807, 2.05) is 24.3 Å². The molecular formula is C14H10ClN3O2. The second kappa shape index (κ2) is 5.30. The maximum Gasteiger partial charge on any atom is 0.231 e. The number of nitrogens with zero attached hydrogens (tertiary/aromatic N) is 2. The van der Waals surface area contributed by atoms with Gasteiger partial charge in [0.2, 0.25) is 5.91 Å². The normalized spacial score (nSPS) is 10.7. The molecule has 0 saturated carbocycles. The van der Waals surface area contributed by atoms with Crippen LogP contribution < -0.4 is 5.32 Å². The van der Waals surface area contributed by atoms with Gasteiger partial charge in [-0.25, -0.2) is 4.98 Å². The molecule has 2 aromatic heterocycles. The van der Waals surface area contributed by atoms with E-state index < -0.39 is 0 Å². The molecule has 0 spiro atoms. The standard InChI is InChI=1S/C14H10ClN3O2/c15-9-5-6-13(16-8-9)17-14(19)7-11-10-3-1-2-4-12(10)20-18-11/h1-6,8H,7H2,(H,16,17,19). The summed E-state index contributed by atoms with van der Waals surface area (Å²) in [4.78, 5) is 15.9. The number of hydrogen-bond donors (Lipinski definition) is 1. The zero-order valence-corrected chi connectivity index (χ0v) is 11.1. The predicted molar refractivity (Wildman–Crippen MR) is 75.6 cm³/mol. The Kier molecular flexibility index (Phi) is 3.35. The van der Waals surface area contributed by atoms with E-state index >= 15 is 0 Å². The molecule has 5 nitrogen and oxygen atoms in total. The minimum absolute atomic E-state index is 0.126. The van der Waals surface area contributed by atoms with Crippen LogP contribution in [0.25, 0.3) is 11.0 Å². The minimum Gasteiger partial charge on any atom is -0.356 e. The van der Waals surface area contributed by atoms with Crippen LogP contribution in [0.2, 0.25) is 5.02 Å². The van der Waals surface area contributed by atoms with Gasteiger partial charge in [-0.05, 0) is 24.3 Å². The van der Waals surface area contributed by atoms with Crippen LogP contribution in [-0.4, -0.2) is 16.0 Å². The van der Waals surface area contributed by atoms with Crippen LogP contribution in [0.3, 0.4) is 0 Å². The lowest BCUT2D eigenvalue weighted by Gasteiger charge is -2.02. The van der Waals surface area contributed by atoms with E-state index in [2.05, 4.69) is 15.5 Å². The van der Waals surface area contributed by atoms with Crippen molar-refractivity contribution in [2.45, 2.75) is 6.42 Å². The molecule has 100 valence electrons. The third kappa shape index (κ3) is 2.62. The number of rotatable bonds is 3. The van der Waals surface area contributed by atoms with Gasteiger partial charge in [0.05, 0.1) is 11.4 Å². The molecule has 20 heavy (non-hydrogen) atoms. The van der Waals surface area contributed by atoms with Crippen molar-refractivity contribution in [3.63, 3.8) is 0 Å². The highest BCUT2D eigenvalue weighted by Crippen LogP contribution is 2.18. The van der Waals surface area contributed by atoms with Gasteiger partial charge >= 0.3 is 0 Å². The van der Waals surface area contributed by atoms with Crippen molar-refractivity contribution in [1.82, 2.24) is 10.1 Å². The lowest BCUT2D eigenvalue weighted by molar-refractivity contribution is -0.115. The van der Waals surface area contributed by atoms with E-state index in [9.17, 15) is 4.79 Å². The molecule has 1 aromatic carbocycles. The van der Waals surface area contributed by atoms with Crippen molar-refractivity contribution in [2.75, 3.05) is 5.32 Å². The molecule has 1 amide bonds. The molecule has 1 N–H and O–H groups in total. The second-order valence-corrected chi connectivity index (χ2v) is 4.65. The van der Waals surface area contributed by atoms with Gasteiger partial charge in [-0.15, -0.1) is 0 Å². The summed E-state index contributed by atoms with van der Waals surface area (Å²) in [6.07, 6.45) is 1.60. The van der Waals surface area contributed by atoms with E-state index in [1.54, 1.807) is 12.1 Å². The molecule has 3 aromatic rings. The van der Waals surface area contributed by atoms with Gasteiger partial charge in [0.1, 0.15) is 11.5 Å². The van der Waals surface area contributed by atoms with Gasteiger partial charge in [0, 0.05) is 11.6 Å². The number of amides is 1. The number of nitrogens with one attached hydrogen (secondary N) is 1. The fourth-order valence-electron chi connectivity index (χ4n) is 1.85. The highest BCUT2D eigenvalue weighted by atomic mass is 35.5. The van der Waals surface area contributed by atoms with Gasteiger partial charge in [-0.2, -0.15) is 0 Å². The first-order chi connectivity index (χ1) is 9.72. The smallest absolute Gasteiger partial charge is 0.231 e. The summed E-state index contributed by atoms with van der Waals surface area (Å²) in [5.74, 6) is 0.242. The van der Waals surface area contributed by atoms with Crippen LogP contribution in [0.15, 0.2) is 47.1 Å². The highest BCUT2D eigenvalue weighted by molar-refractivity contribution is 6.30. The van der Waals surface area contributed by atoms with Gasteiger partial charge in [-0.3, -0.25) is 4.79 Å². The Bertz CT molecular complexity index is 752. The van der Waals surface area contributed by atoms with E-state index in [4.69, 9.17) is 16.1 Å². The number of pyridine rings is 1. The molecule has 0 aliphatic heterocycles. The highest BCUT2D eigenvalue weighted by Gasteiger charge is 2.12. The Labute approximate surface area is 119 Å². The van der Waals surface area contributed by atoms with Crippen LogP contribution in [-0.2, 0) is 11.2 Å². The SMILES string of the molecule is O=C(Cc1noc2ccccc12)Nc1ccc(Cl)cn1. The van der Waals surface area contributed by atoms with Gasteiger partial charge < -0.3 is 9.84 Å². The lowest BCUT2D eigenvalue weighted by atomic mass is 10.1. The predicted octanol–water partition coefficient (Wildman–Crippen LogP) is 3.06. The number of aromatic nitrogens is 2. The fraction of sp³-hybridized carbons (Fsp3) is 0.0714. The molecule has 0 atom stereocenters. The van der Waals surface area contributed by atoms with Crippen molar-refractivity contribution in [2.24, 2.45) is 0 Å². The largest absolute Gasteiger partial charge is 0.356 e. The number of benzene rings is 1. The summed E-state index contributed by atoms with van der Waals surface area (Å²) in [6.45, 7) is 0. The molecule has 6 heteroatoms.